The van der Waals surface area contributed by atoms with Crippen molar-refractivity contribution in [2.45, 2.75) is 6.61 Å². The summed E-state index contributed by atoms with van der Waals surface area (Å²) in [4.78, 5) is 50.2. The van der Waals surface area contributed by atoms with E-state index in [1.54, 1.807) is 30.3 Å². The highest BCUT2D eigenvalue weighted by atomic mass is 35.5. The maximum atomic E-state index is 13.0. The van der Waals surface area contributed by atoms with Crippen molar-refractivity contribution in [3.8, 4) is 5.75 Å². The lowest BCUT2D eigenvalue weighted by Crippen LogP contribution is -2.54. The van der Waals surface area contributed by atoms with Gasteiger partial charge in [-0.25, -0.2) is 14.5 Å². The number of nitrogens with zero attached hydrogens (tertiary/aromatic N) is 1. The van der Waals surface area contributed by atoms with Gasteiger partial charge in [0.15, 0.2) is 0 Å². The topological polar surface area (TPSA) is 102 Å². The van der Waals surface area contributed by atoms with Crippen LogP contribution in [0.15, 0.2) is 78.4 Å². The smallest absolute Gasteiger partial charge is 0.337 e. The average Bonchev–Trinajstić information content (AvgIpc) is 2.86. The first-order chi connectivity index (χ1) is 16.9. The minimum absolute atomic E-state index is 0.198. The van der Waals surface area contributed by atoms with Gasteiger partial charge < -0.3 is 9.47 Å². The molecule has 0 aromatic heterocycles. The van der Waals surface area contributed by atoms with Crippen molar-refractivity contribution in [2.24, 2.45) is 0 Å². The SMILES string of the molecule is COC(=O)c1ccc(N2C(=O)NC(=O)/C(=C\c3ccc(OCc4cccc(Cl)c4)cc3)C2=O)cc1. The second-order valence-electron chi connectivity index (χ2n) is 7.48. The lowest BCUT2D eigenvalue weighted by molar-refractivity contribution is -0.122. The number of urea groups is 1. The lowest BCUT2D eigenvalue weighted by atomic mass is 10.1. The largest absolute Gasteiger partial charge is 0.489 e. The van der Waals surface area contributed by atoms with Gasteiger partial charge in [0.1, 0.15) is 17.9 Å². The van der Waals surface area contributed by atoms with E-state index >= 15 is 0 Å². The van der Waals surface area contributed by atoms with Crippen LogP contribution in [0.1, 0.15) is 21.5 Å². The van der Waals surface area contributed by atoms with Gasteiger partial charge in [0.05, 0.1) is 18.4 Å². The van der Waals surface area contributed by atoms with E-state index in [-0.39, 0.29) is 16.8 Å². The van der Waals surface area contributed by atoms with Crippen LogP contribution >= 0.6 is 11.6 Å². The van der Waals surface area contributed by atoms with E-state index in [1.807, 2.05) is 18.2 Å². The summed E-state index contributed by atoms with van der Waals surface area (Å²) in [5.41, 5.74) is 1.72. The molecule has 0 radical (unpaired) electrons. The normalized spacial score (nSPS) is 14.6. The fourth-order valence-corrected chi connectivity index (χ4v) is 3.59. The molecular weight excluding hydrogens is 472 g/mol. The minimum atomic E-state index is -0.882. The number of benzene rings is 3. The second kappa shape index (κ2) is 10.2. The number of ether oxygens (including phenoxy) is 2. The van der Waals surface area contributed by atoms with E-state index in [4.69, 9.17) is 16.3 Å². The van der Waals surface area contributed by atoms with Crippen LogP contribution in [0.5, 0.6) is 5.75 Å². The van der Waals surface area contributed by atoms with Crippen molar-refractivity contribution in [1.29, 1.82) is 0 Å². The molecule has 0 aliphatic carbocycles. The number of halogens is 1. The Morgan fingerprint density at radius 3 is 2.37 bits per heavy atom. The summed E-state index contributed by atoms with van der Waals surface area (Å²) in [5.74, 6) is -1.55. The Morgan fingerprint density at radius 1 is 1.00 bits per heavy atom. The van der Waals surface area contributed by atoms with E-state index in [0.29, 0.717) is 22.9 Å². The Bertz CT molecular complexity index is 1330. The Labute approximate surface area is 205 Å². The summed E-state index contributed by atoms with van der Waals surface area (Å²) in [6.07, 6.45) is 1.39. The summed E-state index contributed by atoms with van der Waals surface area (Å²) < 4.78 is 10.4. The third-order valence-electron chi connectivity index (χ3n) is 5.13. The molecule has 3 aromatic rings. The summed E-state index contributed by atoms with van der Waals surface area (Å²) in [6, 6.07) is 18.9. The number of hydrogen-bond acceptors (Lipinski definition) is 6. The molecule has 4 amide bonds. The Morgan fingerprint density at radius 2 is 1.71 bits per heavy atom. The molecule has 1 heterocycles. The number of nitrogens with one attached hydrogen (secondary N) is 1. The average molecular weight is 491 g/mol. The number of carbonyl (C=O) groups is 4. The second-order valence-corrected chi connectivity index (χ2v) is 7.92. The molecule has 1 N–H and O–H groups in total. The number of methoxy groups -OCH3 is 1. The van der Waals surface area contributed by atoms with Gasteiger partial charge in [-0.05, 0) is 65.7 Å². The Kier molecular flexibility index (Phi) is 6.93. The van der Waals surface area contributed by atoms with E-state index < -0.39 is 23.8 Å². The first-order valence-electron chi connectivity index (χ1n) is 10.4. The van der Waals surface area contributed by atoms with Crippen LogP contribution in [0.4, 0.5) is 10.5 Å². The maximum Gasteiger partial charge on any atom is 0.337 e. The van der Waals surface area contributed by atoms with Crippen molar-refractivity contribution in [3.63, 3.8) is 0 Å². The molecule has 0 unspecified atom stereocenters. The zero-order valence-electron chi connectivity index (χ0n) is 18.5. The third kappa shape index (κ3) is 5.39. The van der Waals surface area contributed by atoms with Crippen LogP contribution in [-0.4, -0.2) is 30.9 Å². The number of carbonyl (C=O) groups excluding carboxylic acids is 4. The summed E-state index contributed by atoms with van der Waals surface area (Å²) in [7, 11) is 1.25. The highest BCUT2D eigenvalue weighted by Crippen LogP contribution is 2.23. The molecular formula is C26H19ClN2O6. The lowest BCUT2D eigenvalue weighted by Gasteiger charge is -2.26. The molecule has 0 spiro atoms. The predicted octanol–water partition coefficient (Wildman–Crippen LogP) is 4.37. The highest BCUT2D eigenvalue weighted by Gasteiger charge is 2.36. The first kappa shape index (κ1) is 23.7. The van der Waals surface area contributed by atoms with Crippen LogP contribution in [-0.2, 0) is 20.9 Å². The zero-order valence-corrected chi connectivity index (χ0v) is 19.2. The van der Waals surface area contributed by atoms with Gasteiger partial charge in [0.25, 0.3) is 11.8 Å². The first-order valence-corrected chi connectivity index (χ1v) is 10.8. The van der Waals surface area contributed by atoms with Crippen LogP contribution < -0.4 is 15.0 Å². The molecule has 1 saturated heterocycles. The highest BCUT2D eigenvalue weighted by molar-refractivity contribution is 6.39. The zero-order chi connectivity index (χ0) is 24.9. The third-order valence-corrected chi connectivity index (χ3v) is 5.37. The van der Waals surface area contributed by atoms with Gasteiger partial charge in [-0.1, -0.05) is 35.9 Å². The van der Waals surface area contributed by atoms with Crippen LogP contribution in [0.3, 0.4) is 0 Å². The molecule has 3 aromatic carbocycles. The number of hydrogen-bond donors (Lipinski definition) is 1. The summed E-state index contributed by atoms with van der Waals surface area (Å²) >= 11 is 5.98. The van der Waals surface area contributed by atoms with Gasteiger partial charge in [0.2, 0.25) is 0 Å². The van der Waals surface area contributed by atoms with Gasteiger partial charge >= 0.3 is 12.0 Å². The molecule has 1 aliphatic heterocycles. The number of esters is 1. The number of anilines is 1. The molecule has 0 saturated carbocycles. The van der Waals surface area contributed by atoms with Crippen LogP contribution in [0.2, 0.25) is 5.02 Å². The molecule has 176 valence electrons. The van der Waals surface area contributed by atoms with E-state index in [2.05, 4.69) is 10.1 Å². The number of amides is 4. The number of rotatable bonds is 6. The Hall–Kier alpha value is -4.43. The molecule has 4 rings (SSSR count). The van der Waals surface area contributed by atoms with Crippen molar-refractivity contribution in [3.05, 3.63) is 100 Å². The van der Waals surface area contributed by atoms with Crippen molar-refractivity contribution in [1.82, 2.24) is 5.32 Å². The van der Waals surface area contributed by atoms with Crippen LogP contribution in [0.25, 0.3) is 6.08 Å². The number of imide groups is 2. The van der Waals surface area contributed by atoms with E-state index in [0.717, 1.165) is 10.5 Å². The Balaban J connectivity index is 1.51. The predicted molar refractivity (Wildman–Crippen MR) is 129 cm³/mol. The number of barbiturate groups is 1. The molecule has 0 atom stereocenters. The molecule has 35 heavy (non-hydrogen) atoms. The van der Waals surface area contributed by atoms with Crippen molar-refractivity contribution >= 4 is 47.2 Å². The fraction of sp³-hybridized carbons (Fsp3) is 0.0769. The van der Waals surface area contributed by atoms with Gasteiger partial charge in [-0.15, -0.1) is 0 Å². The molecule has 8 nitrogen and oxygen atoms in total. The minimum Gasteiger partial charge on any atom is -0.489 e. The van der Waals surface area contributed by atoms with Crippen LogP contribution in [0, 0.1) is 0 Å². The fourth-order valence-electron chi connectivity index (χ4n) is 3.38. The van der Waals surface area contributed by atoms with Crippen molar-refractivity contribution < 1.29 is 28.7 Å². The van der Waals surface area contributed by atoms with Gasteiger partial charge in [0, 0.05) is 5.02 Å². The van der Waals surface area contributed by atoms with Gasteiger partial charge in [-0.2, -0.15) is 0 Å². The molecule has 9 heteroatoms. The van der Waals surface area contributed by atoms with E-state index in [9.17, 15) is 19.2 Å². The van der Waals surface area contributed by atoms with E-state index in [1.165, 1.54) is 37.5 Å². The molecule has 0 bridgehead atoms. The standard InChI is InChI=1S/C26H19ClN2O6/c1-34-25(32)18-7-9-20(10-8-18)29-24(31)22(23(30)28-26(29)33)14-16-5-11-21(12-6-16)35-15-17-3-2-4-19(27)13-17/h2-14H,15H2,1H3,(H,28,30,33)/b22-14+. The summed E-state index contributed by atoms with van der Waals surface area (Å²) in [6.45, 7) is 0.327. The quantitative estimate of drug-likeness (QED) is 0.313. The monoisotopic (exact) mass is 490 g/mol. The maximum absolute atomic E-state index is 13.0. The van der Waals surface area contributed by atoms with Crippen molar-refractivity contribution in [2.75, 3.05) is 12.0 Å². The summed E-state index contributed by atoms with van der Waals surface area (Å²) in [5, 5.41) is 2.78. The molecule has 1 aliphatic rings. The molecule has 1 fully saturated rings. The van der Waals surface area contributed by atoms with Gasteiger partial charge in [-0.3, -0.25) is 14.9 Å².